The van der Waals surface area contributed by atoms with Crippen LogP contribution in [0.25, 0.3) is 5.65 Å². The monoisotopic (exact) mass is 343 g/mol. The Morgan fingerprint density at radius 2 is 2.17 bits per heavy atom. The van der Waals surface area contributed by atoms with E-state index in [0.29, 0.717) is 23.1 Å². The van der Waals surface area contributed by atoms with Crippen molar-refractivity contribution in [2.24, 2.45) is 0 Å². The summed E-state index contributed by atoms with van der Waals surface area (Å²) in [6.45, 7) is 0.674. The van der Waals surface area contributed by atoms with Crippen molar-refractivity contribution in [3.05, 3.63) is 62.5 Å². The van der Waals surface area contributed by atoms with Gasteiger partial charge in [0, 0.05) is 24.7 Å². The molecule has 3 rings (SSSR count). The fourth-order valence-corrected chi connectivity index (χ4v) is 2.46. The van der Waals surface area contributed by atoms with Crippen molar-refractivity contribution in [1.82, 2.24) is 14.6 Å². The number of nitrogens with one attached hydrogen (secondary N) is 2. The van der Waals surface area contributed by atoms with Crippen molar-refractivity contribution < 1.29 is 4.74 Å². The van der Waals surface area contributed by atoms with Gasteiger partial charge in [-0.25, -0.2) is 4.98 Å². The maximum Gasteiger partial charge on any atom is 0.273 e. The molecular weight excluding hydrogens is 330 g/mol. The van der Waals surface area contributed by atoms with Crippen LogP contribution in [0.3, 0.4) is 0 Å². The van der Waals surface area contributed by atoms with E-state index in [0.717, 1.165) is 5.56 Å². The molecule has 0 amide bonds. The van der Waals surface area contributed by atoms with Crippen molar-refractivity contribution in [3.63, 3.8) is 0 Å². The molecule has 0 fully saturated rings. The van der Waals surface area contributed by atoms with Crippen molar-refractivity contribution >= 4 is 23.1 Å². The van der Waals surface area contributed by atoms with E-state index < -0.39 is 0 Å². The lowest BCUT2D eigenvalue weighted by Gasteiger charge is -2.04. The second kappa shape index (κ2) is 6.74. The molecule has 0 atom stereocenters. The standard InChI is InChI=1S/C16H14ClN5O2/c1-24-9-12-6-14(23)22-16(20-12)13(7-18)15(21-22)19-8-10-2-4-11(17)5-3-10/h2-6,19,21H,8-9H2,1H3. The molecule has 0 spiro atoms. The zero-order chi connectivity index (χ0) is 17.1. The van der Waals surface area contributed by atoms with Gasteiger partial charge in [0.1, 0.15) is 17.5 Å². The van der Waals surface area contributed by atoms with E-state index in [2.05, 4.69) is 21.5 Å². The Morgan fingerprint density at radius 1 is 1.42 bits per heavy atom. The van der Waals surface area contributed by atoms with E-state index in [1.54, 1.807) is 12.1 Å². The third-order valence-electron chi connectivity index (χ3n) is 3.46. The molecule has 0 saturated carbocycles. The van der Waals surface area contributed by atoms with Crippen molar-refractivity contribution in [2.75, 3.05) is 12.4 Å². The van der Waals surface area contributed by atoms with E-state index in [1.807, 2.05) is 12.1 Å². The van der Waals surface area contributed by atoms with Crippen LogP contribution in [0.15, 0.2) is 35.1 Å². The van der Waals surface area contributed by atoms with Gasteiger partial charge in [-0.05, 0) is 17.7 Å². The van der Waals surface area contributed by atoms with Crippen LogP contribution in [-0.4, -0.2) is 21.7 Å². The number of aromatic nitrogens is 3. The number of hydrogen-bond donors (Lipinski definition) is 2. The molecule has 0 radical (unpaired) electrons. The van der Waals surface area contributed by atoms with Crippen LogP contribution >= 0.6 is 11.6 Å². The van der Waals surface area contributed by atoms with E-state index >= 15 is 0 Å². The molecule has 0 aliphatic heterocycles. The Hall–Kier alpha value is -2.82. The summed E-state index contributed by atoms with van der Waals surface area (Å²) in [6.07, 6.45) is 0. The third kappa shape index (κ3) is 3.11. The summed E-state index contributed by atoms with van der Waals surface area (Å²) < 4.78 is 6.23. The Bertz CT molecular complexity index is 969. The number of H-pyrrole nitrogens is 1. The van der Waals surface area contributed by atoms with Gasteiger partial charge in [-0.3, -0.25) is 9.89 Å². The molecule has 0 saturated heterocycles. The topological polar surface area (TPSA) is 95.2 Å². The SMILES string of the molecule is COCc1cc(=O)n2[nH]c(NCc3ccc(Cl)cc3)c(C#N)c2n1. The fraction of sp³-hybridized carbons (Fsp3) is 0.188. The number of fused-ring (bicyclic) bond motifs is 1. The van der Waals surface area contributed by atoms with Gasteiger partial charge in [0.25, 0.3) is 5.56 Å². The Labute approximate surface area is 142 Å². The van der Waals surface area contributed by atoms with Crippen LogP contribution in [0.4, 0.5) is 5.82 Å². The molecule has 2 N–H and O–H groups in total. The molecule has 122 valence electrons. The number of aromatic amines is 1. The highest BCUT2D eigenvalue weighted by atomic mass is 35.5. The second-order valence-corrected chi connectivity index (χ2v) is 5.57. The molecular formula is C16H14ClN5O2. The average Bonchev–Trinajstić information content (AvgIpc) is 2.93. The first-order valence-corrected chi connectivity index (χ1v) is 7.52. The highest BCUT2D eigenvalue weighted by molar-refractivity contribution is 6.30. The normalized spacial score (nSPS) is 10.7. The molecule has 0 bridgehead atoms. The summed E-state index contributed by atoms with van der Waals surface area (Å²) in [5, 5.41) is 16.1. The second-order valence-electron chi connectivity index (χ2n) is 5.13. The number of nitriles is 1. The first-order chi connectivity index (χ1) is 11.6. The van der Waals surface area contributed by atoms with Crippen molar-refractivity contribution in [3.8, 4) is 6.07 Å². The Morgan fingerprint density at radius 3 is 2.83 bits per heavy atom. The van der Waals surface area contributed by atoms with E-state index in [1.165, 1.54) is 17.7 Å². The van der Waals surface area contributed by atoms with Crippen LogP contribution in [0, 0.1) is 11.3 Å². The number of anilines is 1. The third-order valence-corrected chi connectivity index (χ3v) is 3.71. The van der Waals surface area contributed by atoms with Crippen LogP contribution in [0.1, 0.15) is 16.8 Å². The predicted molar refractivity (Wildman–Crippen MR) is 90.0 cm³/mol. The lowest BCUT2D eigenvalue weighted by Crippen LogP contribution is -2.16. The minimum absolute atomic E-state index is 0.204. The predicted octanol–water partition coefficient (Wildman–Crippen LogP) is 2.31. The molecule has 8 heteroatoms. The first-order valence-electron chi connectivity index (χ1n) is 7.14. The zero-order valence-electron chi connectivity index (χ0n) is 12.8. The van der Waals surface area contributed by atoms with Crippen LogP contribution in [0.5, 0.6) is 0 Å². The smallest absolute Gasteiger partial charge is 0.273 e. The number of nitrogens with zero attached hydrogens (tertiary/aromatic N) is 3. The molecule has 0 unspecified atom stereocenters. The van der Waals surface area contributed by atoms with E-state index in [9.17, 15) is 10.1 Å². The highest BCUT2D eigenvalue weighted by Crippen LogP contribution is 2.18. The number of benzene rings is 1. The number of hydrogen-bond acceptors (Lipinski definition) is 5. The van der Waals surface area contributed by atoms with Crippen molar-refractivity contribution in [1.29, 1.82) is 5.26 Å². The Balaban J connectivity index is 1.96. The highest BCUT2D eigenvalue weighted by Gasteiger charge is 2.15. The van der Waals surface area contributed by atoms with Gasteiger partial charge >= 0.3 is 0 Å². The molecule has 1 aromatic carbocycles. The van der Waals surface area contributed by atoms with Crippen LogP contribution in [-0.2, 0) is 17.9 Å². The summed E-state index contributed by atoms with van der Waals surface area (Å²) in [5.74, 6) is 0.437. The Kier molecular flexibility index (Phi) is 4.51. The van der Waals surface area contributed by atoms with E-state index in [-0.39, 0.29) is 23.4 Å². The lowest BCUT2D eigenvalue weighted by atomic mass is 10.2. The number of halogens is 1. The molecule has 3 aromatic rings. The average molecular weight is 344 g/mol. The largest absolute Gasteiger partial charge is 0.378 e. The van der Waals surface area contributed by atoms with Crippen LogP contribution < -0.4 is 10.9 Å². The molecule has 0 aliphatic rings. The summed E-state index contributed by atoms with van der Waals surface area (Å²) in [4.78, 5) is 16.5. The van der Waals surface area contributed by atoms with Gasteiger partial charge in [-0.15, -0.1) is 0 Å². The summed E-state index contributed by atoms with van der Waals surface area (Å²) >= 11 is 5.86. The zero-order valence-corrected chi connectivity index (χ0v) is 13.6. The van der Waals surface area contributed by atoms with E-state index in [4.69, 9.17) is 16.3 Å². The number of ether oxygens (including phenoxy) is 1. The molecule has 7 nitrogen and oxygen atoms in total. The van der Waals surface area contributed by atoms with Gasteiger partial charge < -0.3 is 10.1 Å². The van der Waals surface area contributed by atoms with Gasteiger partial charge in [0.15, 0.2) is 5.65 Å². The molecule has 2 heterocycles. The number of rotatable bonds is 5. The van der Waals surface area contributed by atoms with Gasteiger partial charge in [-0.2, -0.15) is 9.78 Å². The number of methoxy groups -OCH3 is 1. The lowest BCUT2D eigenvalue weighted by molar-refractivity contribution is 0.181. The minimum atomic E-state index is -0.303. The van der Waals surface area contributed by atoms with Gasteiger partial charge in [0.2, 0.25) is 0 Å². The van der Waals surface area contributed by atoms with Crippen molar-refractivity contribution in [2.45, 2.75) is 13.2 Å². The summed E-state index contributed by atoms with van der Waals surface area (Å²) in [7, 11) is 1.52. The minimum Gasteiger partial charge on any atom is -0.378 e. The first kappa shape index (κ1) is 16.1. The summed E-state index contributed by atoms with van der Waals surface area (Å²) in [5.41, 5.74) is 1.71. The summed E-state index contributed by atoms with van der Waals surface area (Å²) in [6, 6.07) is 10.8. The maximum atomic E-state index is 12.2. The molecule has 24 heavy (non-hydrogen) atoms. The maximum absolute atomic E-state index is 12.2. The van der Waals surface area contributed by atoms with Crippen LogP contribution in [0.2, 0.25) is 5.02 Å². The van der Waals surface area contributed by atoms with Gasteiger partial charge in [-0.1, -0.05) is 23.7 Å². The fourth-order valence-electron chi connectivity index (χ4n) is 2.33. The quantitative estimate of drug-likeness (QED) is 0.741. The molecule has 0 aliphatic carbocycles. The molecule has 2 aromatic heterocycles. The van der Waals surface area contributed by atoms with Gasteiger partial charge in [0.05, 0.1) is 12.3 Å².